The number of hydrogen-bond donors (Lipinski definition) is 10. The van der Waals surface area contributed by atoms with Crippen molar-refractivity contribution >= 4 is 65.1 Å². The Morgan fingerprint density at radius 1 is 0.833 bits per heavy atom. The number of carbonyl (C=O) groups is 9. The van der Waals surface area contributed by atoms with Gasteiger partial charge in [-0.05, 0) is 69.6 Å². The van der Waals surface area contributed by atoms with Crippen molar-refractivity contribution < 1.29 is 48.4 Å². The number of nitrogens with two attached hydrogens (primary N) is 1. The third-order valence-corrected chi connectivity index (χ3v) is 12.2. The van der Waals surface area contributed by atoms with Crippen LogP contribution in [0.4, 0.5) is 4.79 Å². The van der Waals surface area contributed by atoms with Gasteiger partial charge >= 0.3 is 6.03 Å². The summed E-state index contributed by atoms with van der Waals surface area (Å²) in [6.07, 6.45) is 5.41. The number of nitrogens with one attached hydrogen (secondary N) is 8. The lowest BCUT2D eigenvalue weighted by atomic mass is 9.92. The highest BCUT2D eigenvalue weighted by Crippen LogP contribution is 2.33. The van der Waals surface area contributed by atoms with E-state index in [1.807, 2.05) is 39.5 Å². The van der Waals surface area contributed by atoms with Gasteiger partial charge in [0.05, 0.1) is 25.2 Å². The lowest BCUT2D eigenvalue weighted by molar-refractivity contribution is -0.143. The number of likely N-dealkylation sites (tertiary alicyclic amines) is 1. The standard InChI is InChI=1S/C39H66N10O10S/c1-22(2)16-24(18-31(51)48-59)36(55)45-26(17-23(3)4)38(57)49-15-9-11-28(49)37(56)43-19-32(52)42-20-33(53)44-25(35(40)54)10-7-8-14-41-30(50)13-6-5-12-29-34-27(21-60-29)46-39(58)47-34/h22-29,34,59H,5-21H2,1-4H3,(H2,40,54)(H,41,50)(H,42,52)(H,43,56)(H,44,53)(H,45,55)(H,48,51)(H2,46,47,58)/t24?,25-,26-,27-,28-,29-,34-/m0/s1. The van der Waals surface area contributed by atoms with Gasteiger partial charge in [-0.1, -0.05) is 34.1 Å². The molecule has 60 heavy (non-hydrogen) atoms. The van der Waals surface area contributed by atoms with Crippen LogP contribution in [-0.2, 0) is 38.4 Å². The van der Waals surface area contributed by atoms with Crippen LogP contribution in [0.1, 0.15) is 105 Å². The van der Waals surface area contributed by atoms with E-state index in [0.29, 0.717) is 50.3 Å². The molecule has 3 fully saturated rings. The van der Waals surface area contributed by atoms with Crippen molar-refractivity contribution in [2.24, 2.45) is 23.5 Å². The Hall–Kier alpha value is -4.66. The molecule has 0 aromatic heterocycles. The molecule has 7 atom stereocenters. The van der Waals surface area contributed by atoms with Gasteiger partial charge in [0.25, 0.3) is 0 Å². The molecule has 3 aliphatic heterocycles. The van der Waals surface area contributed by atoms with Gasteiger partial charge in [-0.2, -0.15) is 11.8 Å². The third-order valence-electron chi connectivity index (χ3n) is 10.7. The zero-order valence-corrected chi connectivity index (χ0v) is 36.1. The lowest BCUT2D eigenvalue weighted by Crippen LogP contribution is -2.55. The Morgan fingerprint density at radius 2 is 1.55 bits per heavy atom. The maximum Gasteiger partial charge on any atom is 0.315 e. The number of thioether (sulfide) groups is 1. The van der Waals surface area contributed by atoms with Crippen LogP contribution in [0.15, 0.2) is 0 Å². The van der Waals surface area contributed by atoms with Crippen molar-refractivity contribution in [3.63, 3.8) is 0 Å². The second-order valence-corrected chi connectivity index (χ2v) is 17.9. The number of unbranched alkanes of at least 4 members (excludes halogenated alkanes) is 2. The number of hydrogen-bond acceptors (Lipinski definition) is 11. The highest BCUT2D eigenvalue weighted by atomic mass is 32.2. The average Bonchev–Trinajstić information content (AvgIpc) is 3.92. The largest absolute Gasteiger partial charge is 0.368 e. The molecule has 0 radical (unpaired) electrons. The summed E-state index contributed by atoms with van der Waals surface area (Å²) in [5.74, 6) is -4.27. The van der Waals surface area contributed by atoms with Gasteiger partial charge in [0.1, 0.15) is 18.1 Å². The number of urea groups is 1. The maximum atomic E-state index is 13.8. The number of rotatable bonds is 26. The van der Waals surface area contributed by atoms with Crippen LogP contribution in [0, 0.1) is 17.8 Å². The summed E-state index contributed by atoms with van der Waals surface area (Å²) in [5.41, 5.74) is 7.03. The number of carbonyl (C=O) groups excluding carboxylic acids is 9. The molecule has 11 N–H and O–H groups in total. The first-order chi connectivity index (χ1) is 28.5. The number of amides is 10. The molecule has 3 aliphatic rings. The van der Waals surface area contributed by atoms with E-state index >= 15 is 0 Å². The predicted molar refractivity (Wildman–Crippen MR) is 222 cm³/mol. The van der Waals surface area contributed by atoms with Crippen LogP contribution < -0.4 is 48.4 Å². The predicted octanol–water partition coefficient (Wildman–Crippen LogP) is -0.719. The van der Waals surface area contributed by atoms with Crippen LogP contribution in [-0.4, -0.2) is 131 Å². The van der Waals surface area contributed by atoms with Gasteiger partial charge < -0.3 is 47.9 Å². The van der Waals surface area contributed by atoms with E-state index in [0.717, 1.165) is 25.0 Å². The van der Waals surface area contributed by atoms with E-state index in [-0.39, 0.29) is 61.7 Å². The molecule has 0 saturated carbocycles. The molecule has 3 heterocycles. The van der Waals surface area contributed by atoms with Gasteiger partial charge in [-0.15, -0.1) is 0 Å². The molecule has 1 unspecified atom stereocenters. The van der Waals surface area contributed by atoms with Gasteiger partial charge in [0, 0.05) is 42.9 Å². The van der Waals surface area contributed by atoms with Crippen molar-refractivity contribution in [1.82, 2.24) is 47.6 Å². The molecular weight excluding hydrogens is 801 g/mol. The Balaban J connectivity index is 1.34. The highest BCUT2D eigenvalue weighted by Gasteiger charge is 2.43. The maximum absolute atomic E-state index is 13.8. The molecule has 0 spiro atoms. The highest BCUT2D eigenvalue weighted by molar-refractivity contribution is 8.00. The Kier molecular flexibility index (Phi) is 20.9. The van der Waals surface area contributed by atoms with Gasteiger partial charge in [0.15, 0.2) is 0 Å². The topological polar surface area (TPSA) is 299 Å². The summed E-state index contributed by atoms with van der Waals surface area (Å²) < 4.78 is 0. The molecule has 0 aromatic rings. The normalized spacial score (nSPS) is 20.9. The molecule has 0 aliphatic carbocycles. The van der Waals surface area contributed by atoms with Gasteiger partial charge in [0.2, 0.25) is 47.3 Å². The van der Waals surface area contributed by atoms with E-state index in [9.17, 15) is 43.2 Å². The molecule has 3 rings (SSSR count). The zero-order chi connectivity index (χ0) is 44.4. The second kappa shape index (κ2) is 25.2. The molecule has 0 aromatic carbocycles. The first kappa shape index (κ1) is 49.7. The molecule has 338 valence electrons. The second-order valence-electron chi connectivity index (χ2n) is 16.7. The van der Waals surface area contributed by atoms with E-state index in [1.54, 1.807) is 5.48 Å². The summed E-state index contributed by atoms with van der Waals surface area (Å²) in [6, 6.07) is -2.65. The first-order valence-corrected chi connectivity index (χ1v) is 22.2. The fourth-order valence-electron chi connectivity index (χ4n) is 7.73. The lowest BCUT2D eigenvalue weighted by Gasteiger charge is -2.30. The number of fused-ring (bicyclic) bond motifs is 1. The monoisotopic (exact) mass is 866 g/mol. The summed E-state index contributed by atoms with van der Waals surface area (Å²) in [7, 11) is 0. The van der Waals surface area contributed by atoms with Crippen LogP contribution in [0.25, 0.3) is 0 Å². The Bertz CT molecular complexity index is 1530. The van der Waals surface area contributed by atoms with Crippen molar-refractivity contribution in [3.05, 3.63) is 0 Å². The average molecular weight is 867 g/mol. The Morgan fingerprint density at radius 3 is 2.23 bits per heavy atom. The van der Waals surface area contributed by atoms with E-state index in [2.05, 4.69) is 37.2 Å². The molecule has 10 amide bonds. The Labute approximate surface area is 355 Å². The molecule has 0 bridgehead atoms. The van der Waals surface area contributed by atoms with Crippen molar-refractivity contribution in [1.29, 1.82) is 0 Å². The summed E-state index contributed by atoms with van der Waals surface area (Å²) in [4.78, 5) is 114. The summed E-state index contributed by atoms with van der Waals surface area (Å²) in [6.45, 7) is 7.23. The quantitative estimate of drug-likeness (QED) is 0.0224. The first-order valence-electron chi connectivity index (χ1n) is 21.1. The fraction of sp³-hybridized carbons (Fsp3) is 0.769. The number of primary amides is 1. The van der Waals surface area contributed by atoms with Crippen molar-refractivity contribution in [3.8, 4) is 0 Å². The van der Waals surface area contributed by atoms with Crippen LogP contribution in [0.3, 0.4) is 0 Å². The number of nitrogens with zero attached hydrogens (tertiary/aromatic N) is 1. The van der Waals surface area contributed by atoms with Gasteiger partial charge in [-0.3, -0.25) is 43.6 Å². The SMILES string of the molecule is CC(C)CC(CC(=O)NO)C(=O)N[C@@H](CC(C)C)C(=O)N1CCC[C@H]1C(=O)NCC(=O)NCC(=O)N[C@@H](CCCCNC(=O)CCCC[C@@H]1SC[C@@H]2NC(=O)N[C@@H]21)C(N)=O. The molecule has 3 saturated heterocycles. The van der Waals surface area contributed by atoms with Crippen LogP contribution in [0.2, 0.25) is 0 Å². The minimum atomic E-state index is -0.992. The van der Waals surface area contributed by atoms with Crippen LogP contribution >= 0.6 is 11.8 Å². The minimum Gasteiger partial charge on any atom is -0.368 e. The molecular formula is C39H66N10O10S. The van der Waals surface area contributed by atoms with E-state index in [4.69, 9.17) is 10.9 Å². The zero-order valence-electron chi connectivity index (χ0n) is 35.3. The fourth-order valence-corrected chi connectivity index (χ4v) is 9.27. The third kappa shape index (κ3) is 16.8. The van der Waals surface area contributed by atoms with Crippen molar-refractivity contribution in [2.75, 3.05) is 31.9 Å². The van der Waals surface area contributed by atoms with E-state index in [1.165, 1.54) is 4.90 Å². The molecule has 21 heteroatoms. The van der Waals surface area contributed by atoms with Crippen molar-refractivity contribution in [2.45, 2.75) is 140 Å². The smallest absolute Gasteiger partial charge is 0.315 e. The minimum absolute atomic E-state index is 0.00326. The van der Waals surface area contributed by atoms with Gasteiger partial charge in [-0.25, -0.2) is 10.3 Å². The molecule has 20 nitrogen and oxygen atoms in total. The van der Waals surface area contributed by atoms with Crippen LogP contribution in [0.5, 0.6) is 0 Å². The number of hydroxylamine groups is 1. The summed E-state index contributed by atoms with van der Waals surface area (Å²) in [5, 5.41) is 28.3. The summed E-state index contributed by atoms with van der Waals surface area (Å²) >= 11 is 1.84. The van der Waals surface area contributed by atoms with E-state index < -0.39 is 78.5 Å².